The fraction of sp³-hybridized carbons (Fsp3) is 0.278. The summed E-state index contributed by atoms with van der Waals surface area (Å²) in [4.78, 5) is 9.42. The third-order valence-electron chi connectivity index (χ3n) is 4.49. The van der Waals surface area contributed by atoms with E-state index in [9.17, 15) is 0 Å². The highest BCUT2D eigenvalue weighted by Gasteiger charge is 2.21. The summed E-state index contributed by atoms with van der Waals surface area (Å²) >= 11 is 12.5. The molecule has 1 saturated heterocycles. The molecule has 0 N–H and O–H groups in total. The Morgan fingerprint density at radius 2 is 1.67 bits per heavy atom. The van der Waals surface area contributed by atoms with Gasteiger partial charge in [0.05, 0.1) is 21.9 Å². The highest BCUT2D eigenvalue weighted by molar-refractivity contribution is 6.33. The zero-order valence-corrected chi connectivity index (χ0v) is 14.9. The van der Waals surface area contributed by atoms with Crippen LogP contribution in [-0.2, 0) is 0 Å². The molecule has 0 amide bonds. The van der Waals surface area contributed by atoms with Crippen LogP contribution in [0.15, 0.2) is 42.7 Å². The second-order valence-electron chi connectivity index (χ2n) is 6.10. The van der Waals surface area contributed by atoms with Crippen molar-refractivity contribution in [1.29, 1.82) is 0 Å². The molecule has 124 valence electrons. The number of fused-ring (bicyclic) bond motifs is 1. The van der Waals surface area contributed by atoms with Gasteiger partial charge < -0.3 is 14.2 Å². The van der Waals surface area contributed by atoms with Gasteiger partial charge in [-0.3, -0.25) is 0 Å². The number of rotatable bonds is 2. The van der Waals surface area contributed by atoms with Gasteiger partial charge in [-0.05, 0) is 30.7 Å². The molecular weight excluding hydrogens is 343 g/mol. The molecule has 0 spiro atoms. The van der Waals surface area contributed by atoms with E-state index in [4.69, 9.17) is 28.2 Å². The van der Waals surface area contributed by atoms with Crippen molar-refractivity contribution in [3.05, 3.63) is 58.3 Å². The van der Waals surface area contributed by atoms with Crippen molar-refractivity contribution in [2.75, 3.05) is 36.0 Å². The van der Waals surface area contributed by atoms with Gasteiger partial charge in [-0.2, -0.15) is 0 Å². The van der Waals surface area contributed by atoms with E-state index >= 15 is 0 Å². The summed E-state index contributed by atoms with van der Waals surface area (Å²) in [5.74, 6) is 0.999. The van der Waals surface area contributed by atoms with Gasteiger partial charge in [0.15, 0.2) is 0 Å². The second-order valence-corrected chi connectivity index (χ2v) is 6.94. The summed E-state index contributed by atoms with van der Waals surface area (Å²) in [6.07, 6.45) is 3.96. The lowest BCUT2D eigenvalue weighted by Gasteiger charge is -2.36. The smallest absolute Gasteiger partial charge is 0.148 e. The Kier molecular flexibility index (Phi) is 4.02. The van der Waals surface area contributed by atoms with E-state index in [0.717, 1.165) is 58.9 Å². The molecule has 0 saturated carbocycles. The van der Waals surface area contributed by atoms with Crippen LogP contribution >= 0.6 is 23.2 Å². The number of halogens is 2. The SMILES string of the molecule is Cc1cc(Cl)cn2cc(N3CCN(c4ccccc4Cl)CC3)nc12. The highest BCUT2D eigenvalue weighted by Crippen LogP contribution is 2.27. The predicted octanol–water partition coefficient (Wildman–Crippen LogP) is 4.28. The van der Waals surface area contributed by atoms with Crippen LogP contribution in [0.3, 0.4) is 0 Å². The fourth-order valence-corrected chi connectivity index (χ4v) is 3.77. The van der Waals surface area contributed by atoms with Gasteiger partial charge in [-0.25, -0.2) is 4.98 Å². The van der Waals surface area contributed by atoms with Crippen LogP contribution in [0, 0.1) is 6.92 Å². The summed E-state index contributed by atoms with van der Waals surface area (Å²) in [6.45, 7) is 5.73. The molecular formula is C18H18Cl2N4. The first-order valence-corrected chi connectivity index (χ1v) is 8.77. The number of piperazine rings is 1. The van der Waals surface area contributed by atoms with Crippen LogP contribution in [0.2, 0.25) is 10.0 Å². The van der Waals surface area contributed by atoms with E-state index in [2.05, 4.69) is 22.1 Å². The van der Waals surface area contributed by atoms with Gasteiger partial charge in [0, 0.05) is 32.4 Å². The Balaban J connectivity index is 1.54. The summed E-state index contributed by atoms with van der Waals surface area (Å²) in [7, 11) is 0. The van der Waals surface area contributed by atoms with Gasteiger partial charge in [-0.15, -0.1) is 0 Å². The van der Waals surface area contributed by atoms with Crippen LogP contribution in [0.4, 0.5) is 11.5 Å². The standard InChI is InChI=1S/C18H18Cl2N4/c1-13-10-14(19)11-24-12-17(21-18(13)24)23-8-6-22(7-9-23)16-5-3-2-4-15(16)20/h2-5,10-12H,6-9H2,1H3. The van der Waals surface area contributed by atoms with Crippen molar-refractivity contribution >= 4 is 40.4 Å². The number of hydrogen-bond donors (Lipinski definition) is 0. The van der Waals surface area contributed by atoms with Gasteiger partial charge in [0.2, 0.25) is 0 Å². The molecule has 3 heterocycles. The molecule has 1 aromatic carbocycles. The number of benzene rings is 1. The van der Waals surface area contributed by atoms with Crippen molar-refractivity contribution < 1.29 is 0 Å². The Bertz CT molecular complexity index is 882. The average Bonchev–Trinajstić information content (AvgIpc) is 3.00. The van der Waals surface area contributed by atoms with E-state index < -0.39 is 0 Å². The zero-order valence-electron chi connectivity index (χ0n) is 13.4. The van der Waals surface area contributed by atoms with Crippen LogP contribution in [0.5, 0.6) is 0 Å². The highest BCUT2D eigenvalue weighted by atomic mass is 35.5. The van der Waals surface area contributed by atoms with Crippen molar-refractivity contribution in [1.82, 2.24) is 9.38 Å². The molecule has 4 nitrogen and oxygen atoms in total. The molecule has 2 aromatic heterocycles. The first kappa shape index (κ1) is 15.6. The maximum absolute atomic E-state index is 6.31. The third kappa shape index (κ3) is 2.80. The number of aryl methyl sites for hydroxylation is 1. The molecule has 3 aromatic rings. The monoisotopic (exact) mass is 360 g/mol. The number of aromatic nitrogens is 2. The summed E-state index contributed by atoms with van der Waals surface area (Å²) < 4.78 is 2.01. The van der Waals surface area contributed by atoms with Crippen LogP contribution in [-0.4, -0.2) is 35.6 Å². The Morgan fingerprint density at radius 3 is 2.42 bits per heavy atom. The lowest BCUT2D eigenvalue weighted by molar-refractivity contribution is 0.649. The second kappa shape index (κ2) is 6.19. The lowest BCUT2D eigenvalue weighted by Crippen LogP contribution is -2.46. The number of anilines is 2. The fourth-order valence-electron chi connectivity index (χ4n) is 3.25. The Hall–Kier alpha value is -1.91. The van der Waals surface area contributed by atoms with E-state index in [1.807, 2.05) is 41.8 Å². The molecule has 0 bridgehead atoms. The number of para-hydroxylation sites is 1. The molecule has 0 atom stereocenters. The molecule has 1 fully saturated rings. The maximum atomic E-state index is 6.31. The minimum absolute atomic E-state index is 0.729. The molecule has 1 aliphatic heterocycles. The van der Waals surface area contributed by atoms with E-state index in [1.165, 1.54) is 0 Å². The van der Waals surface area contributed by atoms with E-state index in [0.29, 0.717) is 0 Å². The van der Waals surface area contributed by atoms with Gasteiger partial charge in [0.25, 0.3) is 0 Å². The molecule has 24 heavy (non-hydrogen) atoms. The normalized spacial score (nSPS) is 15.3. The van der Waals surface area contributed by atoms with Crippen molar-refractivity contribution in [2.24, 2.45) is 0 Å². The molecule has 6 heteroatoms. The minimum Gasteiger partial charge on any atom is -0.367 e. The van der Waals surface area contributed by atoms with Crippen molar-refractivity contribution in [2.45, 2.75) is 6.92 Å². The molecule has 4 rings (SSSR count). The molecule has 0 radical (unpaired) electrons. The van der Waals surface area contributed by atoms with Crippen LogP contribution in [0.25, 0.3) is 5.65 Å². The first-order chi connectivity index (χ1) is 11.6. The topological polar surface area (TPSA) is 23.8 Å². The summed E-state index contributed by atoms with van der Waals surface area (Å²) in [6, 6.07) is 9.96. The Morgan fingerprint density at radius 1 is 0.958 bits per heavy atom. The summed E-state index contributed by atoms with van der Waals surface area (Å²) in [5, 5.41) is 1.54. The first-order valence-electron chi connectivity index (χ1n) is 8.01. The average molecular weight is 361 g/mol. The van der Waals surface area contributed by atoms with Crippen LogP contribution in [0.1, 0.15) is 5.56 Å². The summed E-state index contributed by atoms with van der Waals surface area (Å²) in [5.41, 5.74) is 3.16. The maximum Gasteiger partial charge on any atom is 0.148 e. The van der Waals surface area contributed by atoms with Crippen LogP contribution < -0.4 is 9.80 Å². The van der Waals surface area contributed by atoms with Crippen molar-refractivity contribution in [3.63, 3.8) is 0 Å². The molecule has 1 aliphatic rings. The lowest BCUT2D eigenvalue weighted by atomic mass is 10.2. The predicted molar refractivity (Wildman–Crippen MR) is 101 cm³/mol. The minimum atomic E-state index is 0.729. The largest absolute Gasteiger partial charge is 0.367 e. The quantitative estimate of drug-likeness (QED) is 0.681. The third-order valence-corrected chi connectivity index (χ3v) is 5.01. The Labute approximate surface area is 151 Å². The van der Waals surface area contributed by atoms with E-state index in [1.54, 1.807) is 0 Å². The molecule has 0 aliphatic carbocycles. The number of imidazole rings is 1. The number of pyridine rings is 1. The van der Waals surface area contributed by atoms with Gasteiger partial charge >= 0.3 is 0 Å². The zero-order chi connectivity index (χ0) is 16.7. The molecule has 0 unspecified atom stereocenters. The number of nitrogens with zero attached hydrogens (tertiary/aromatic N) is 4. The van der Waals surface area contributed by atoms with Gasteiger partial charge in [0.1, 0.15) is 11.5 Å². The number of hydrogen-bond acceptors (Lipinski definition) is 3. The van der Waals surface area contributed by atoms with Crippen molar-refractivity contribution in [3.8, 4) is 0 Å². The van der Waals surface area contributed by atoms with E-state index in [-0.39, 0.29) is 0 Å². The van der Waals surface area contributed by atoms with Gasteiger partial charge in [-0.1, -0.05) is 35.3 Å².